The molecule has 1 aromatic heterocycles. The second kappa shape index (κ2) is 3.33. The molecule has 0 saturated carbocycles. The SMILES string of the molecule is NC(=O)c1cnc(-c2ccccc2)o1. The highest BCUT2D eigenvalue weighted by atomic mass is 16.4. The molecule has 0 spiro atoms. The van der Waals surface area contributed by atoms with E-state index in [4.69, 9.17) is 10.2 Å². The smallest absolute Gasteiger partial charge is 0.286 e. The first-order valence-corrected chi connectivity index (χ1v) is 4.08. The third-order valence-electron chi connectivity index (χ3n) is 1.77. The lowest BCUT2D eigenvalue weighted by Crippen LogP contribution is -2.09. The van der Waals surface area contributed by atoms with Crippen LogP contribution in [0.25, 0.3) is 11.5 Å². The lowest BCUT2D eigenvalue weighted by molar-refractivity contribution is 0.0975. The van der Waals surface area contributed by atoms with E-state index in [1.165, 1.54) is 6.20 Å². The van der Waals surface area contributed by atoms with Crippen LogP contribution in [0, 0.1) is 0 Å². The number of primary amides is 1. The summed E-state index contributed by atoms with van der Waals surface area (Å²) < 4.78 is 5.15. The first-order valence-electron chi connectivity index (χ1n) is 4.08. The van der Waals surface area contributed by atoms with E-state index in [9.17, 15) is 4.79 Å². The Bertz CT molecular complexity index is 448. The number of carbonyl (C=O) groups is 1. The molecule has 0 saturated heterocycles. The van der Waals surface area contributed by atoms with Gasteiger partial charge in [-0.15, -0.1) is 0 Å². The third kappa shape index (κ3) is 1.50. The monoisotopic (exact) mass is 188 g/mol. The zero-order valence-corrected chi connectivity index (χ0v) is 7.31. The van der Waals surface area contributed by atoms with Crippen LogP contribution in [-0.2, 0) is 0 Å². The molecule has 0 fully saturated rings. The molecule has 4 heteroatoms. The third-order valence-corrected chi connectivity index (χ3v) is 1.77. The molecule has 70 valence electrons. The van der Waals surface area contributed by atoms with Crippen molar-refractivity contribution in [3.63, 3.8) is 0 Å². The highest BCUT2D eigenvalue weighted by Gasteiger charge is 2.09. The van der Waals surface area contributed by atoms with E-state index in [0.29, 0.717) is 5.89 Å². The van der Waals surface area contributed by atoms with Gasteiger partial charge in [0.05, 0.1) is 6.20 Å². The fourth-order valence-electron chi connectivity index (χ4n) is 1.10. The van der Waals surface area contributed by atoms with E-state index in [-0.39, 0.29) is 5.76 Å². The van der Waals surface area contributed by atoms with Crippen LogP contribution in [0.1, 0.15) is 10.6 Å². The molecule has 1 aromatic carbocycles. The molecule has 0 aliphatic rings. The fraction of sp³-hybridized carbons (Fsp3) is 0. The zero-order chi connectivity index (χ0) is 9.97. The number of nitrogens with zero attached hydrogens (tertiary/aromatic N) is 1. The molecule has 4 nitrogen and oxygen atoms in total. The fourth-order valence-corrected chi connectivity index (χ4v) is 1.10. The Morgan fingerprint density at radius 2 is 2.00 bits per heavy atom. The van der Waals surface area contributed by atoms with Gasteiger partial charge in [0.15, 0.2) is 0 Å². The average Bonchev–Trinajstić information content (AvgIpc) is 2.68. The first-order chi connectivity index (χ1) is 6.77. The number of carbonyl (C=O) groups excluding carboxylic acids is 1. The standard InChI is InChI=1S/C10H8N2O2/c11-9(13)8-6-12-10(14-8)7-4-2-1-3-5-7/h1-6H,(H2,11,13). The Balaban J connectivity index is 2.39. The molecule has 14 heavy (non-hydrogen) atoms. The van der Waals surface area contributed by atoms with Gasteiger partial charge >= 0.3 is 0 Å². The van der Waals surface area contributed by atoms with Crippen LogP contribution in [0.4, 0.5) is 0 Å². The van der Waals surface area contributed by atoms with Crippen LogP contribution in [0.3, 0.4) is 0 Å². The van der Waals surface area contributed by atoms with Gasteiger partial charge in [-0.05, 0) is 12.1 Å². The number of aromatic nitrogens is 1. The second-order valence-corrected chi connectivity index (χ2v) is 2.76. The molecule has 2 rings (SSSR count). The predicted octanol–water partition coefficient (Wildman–Crippen LogP) is 1.44. The van der Waals surface area contributed by atoms with Gasteiger partial charge in [-0.25, -0.2) is 4.98 Å². The molecule has 0 unspecified atom stereocenters. The molecule has 0 bridgehead atoms. The second-order valence-electron chi connectivity index (χ2n) is 2.76. The van der Waals surface area contributed by atoms with E-state index in [1.54, 1.807) is 0 Å². The maximum Gasteiger partial charge on any atom is 0.286 e. The van der Waals surface area contributed by atoms with Crippen molar-refractivity contribution in [2.24, 2.45) is 5.73 Å². The summed E-state index contributed by atoms with van der Waals surface area (Å²) in [6.07, 6.45) is 1.32. The Morgan fingerprint density at radius 1 is 1.29 bits per heavy atom. The predicted molar refractivity (Wildman–Crippen MR) is 50.5 cm³/mol. The van der Waals surface area contributed by atoms with Gasteiger partial charge in [0.1, 0.15) is 0 Å². The van der Waals surface area contributed by atoms with Crippen molar-refractivity contribution in [3.8, 4) is 11.5 Å². The van der Waals surface area contributed by atoms with Crippen molar-refractivity contribution in [3.05, 3.63) is 42.3 Å². The van der Waals surface area contributed by atoms with Gasteiger partial charge in [-0.1, -0.05) is 18.2 Å². The van der Waals surface area contributed by atoms with Crippen LogP contribution < -0.4 is 5.73 Å². The number of nitrogens with two attached hydrogens (primary N) is 1. The summed E-state index contributed by atoms with van der Waals surface area (Å²) in [6.45, 7) is 0. The Labute approximate surface area is 80.4 Å². The van der Waals surface area contributed by atoms with E-state index >= 15 is 0 Å². The van der Waals surface area contributed by atoms with Crippen molar-refractivity contribution in [1.29, 1.82) is 0 Å². The molecule has 0 aliphatic heterocycles. The van der Waals surface area contributed by atoms with Crippen LogP contribution in [0.2, 0.25) is 0 Å². The topological polar surface area (TPSA) is 69.1 Å². The summed E-state index contributed by atoms with van der Waals surface area (Å²) in [7, 11) is 0. The largest absolute Gasteiger partial charge is 0.431 e. The number of rotatable bonds is 2. The molecule has 2 N–H and O–H groups in total. The number of hydrogen-bond acceptors (Lipinski definition) is 3. The van der Waals surface area contributed by atoms with Gasteiger partial charge in [0, 0.05) is 5.56 Å². The minimum atomic E-state index is -0.611. The van der Waals surface area contributed by atoms with Crippen LogP contribution in [-0.4, -0.2) is 10.9 Å². The molecule has 0 radical (unpaired) electrons. The molecule has 1 heterocycles. The zero-order valence-electron chi connectivity index (χ0n) is 7.31. The number of amides is 1. The highest BCUT2D eigenvalue weighted by molar-refractivity contribution is 5.89. The molecule has 1 amide bonds. The quantitative estimate of drug-likeness (QED) is 0.775. The van der Waals surface area contributed by atoms with E-state index < -0.39 is 5.91 Å². The average molecular weight is 188 g/mol. The van der Waals surface area contributed by atoms with Crippen molar-refractivity contribution in [2.75, 3.05) is 0 Å². The summed E-state index contributed by atoms with van der Waals surface area (Å²) >= 11 is 0. The lowest BCUT2D eigenvalue weighted by atomic mass is 10.2. The van der Waals surface area contributed by atoms with Crippen LogP contribution >= 0.6 is 0 Å². The first kappa shape index (κ1) is 8.50. The highest BCUT2D eigenvalue weighted by Crippen LogP contribution is 2.17. The molecule has 0 aliphatic carbocycles. The summed E-state index contributed by atoms with van der Waals surface area (Å²) in [4.78, 5) is 14.7. The summed E-state index contributed by atoms with van der Waals surface area (Å²) in [6, 6.07) is 9.31. The van der Waals surface area contributed by atoms with E-state index in [1.807, 2.05) is 30.3 Å². The van der Waals surface area contributed by atoms with Crippen molar-refractivity contribution >= 4 is 5.91 Å². The Hall–Kier alpha value is -2.10. The number of oxazole rings is 1. The van der Waals surface area contributed by atoms with Gasteiger partial charge in [-0.2, -0.15) is 0 Å². The minimum absolute atomic E-state index is 0.0730. The normalized spacial score (nSPS) is 10.0. The summed E-state index contributed by atoms with van der Waals surface area (Å²) in [5.74, 6) is -0.136. The van der Waals surface area contributed by atoms with Crippen LogP contribution in [0.5, 0.6) is 0 Å². The van der Waals surface area contributed by atoms with E-state index in [0.717, 1.165) is 5.56 Å². The molecular weight excluding hydrogens is 180 g/mol. The van der Waals surface area contributed by atoms with Crippen molar-refractivity contribution in [1.82, 2.24) is 4.98 Å². The number of benzene rings is 1. The summed E-state index contributed by atoms with van der Waals surface area (Å²) in [5, 5.41) is 0. The minimum Gasteiger partial charge on any atom is -0.431 e. The Morgan fingerprint density at radius 3 is 2.57 bits per heavy atom. The van der Waals surface area contributed by atoms with Crippen molar-refractivity contribution in [2.45, 2.75) is 0 Å². The van der Waals surface area contributed by atoms with Crippen molar-refractivity contribution < 1.29 is 9.21 Å². The van der Waals surface area contributed by atoms with E-state index in [2.05, 4.69) is 4.98 Å². The Kier molecular flexibility index (Phi) is 2.02. The molecular formula is C10H8N2O2. The van der Waals surface area contributed by atoms with Gasteiger partial charge in [0.2, 0.25) is 11.7 Å². The molecule has 0 atom stereocenters. The molecule has 2 aromatic rings. The van der Waals surface area contributed by atoms with Gasteiger partial charge in [0.25, 0.3) is 5.91 Å². The summed E-state index contributed by atoms with van der Waals surface area (Å²) in [5.41, 5.74) is 5.85. The lowest BCUT2D eigenvalue weighted by Gasteiger charge is -1.92. The van der Waals surface area contributed by atoms with Gasteiger partial charge in [-0.3, -0.25) is 4.79 Å². The number of hydrogen-bond donors (Lipinski definition) is 1. The maximum absolute atomic E-state index is 10.7. The van der Waals surface area contributed by atoms with Gasteiger partial charge < -0.3 is 10.2 Å². The maximum atomic E-state index is 10.7. The van der Waals surface area contributed by atoms with Crippen LogP contribution in [0.15, 0.2) is 40.9 Å².